The lowest BCUT2D eigenvalue weighted by atomic mass is 10.2. The molecular formula is C18H22F3N5. The number of anilines is 3. The van der Waals surface area contributed by atoms with Crippen molar-refractivity contribution in [1.82, 2.24) is 9.97 Å². The number of aryl methyl sites for hydroxylation is 1. The molecule has 1 aromatic carbocycles. The maximum atomic E-state index is 12.9. The Labute approximate surface area is 150 Å². The summed E-state index contributed by atoms with van der Waals surface area (Å²) in [5.74, 6) is 1.05. The van der Waals surface area contributed by atoms with Gasteiger partial charge in [-0.3, -0.25) is 0 Å². The fraction of sp³-hybridized carbons (Fsp3) is 0.444. The van der Waals surface area contributed by atoms with Gasteiger partial charge in [-0.15, -0.1) is 0 Å². The molecule has 2 aromatic rings. The number of nitrogens with zero attached hydrogens (tertiary/aromatic N) is 3. The van der Waals surface area contributed by atoms with Crippen LogP contribution in [0.3, 0.4) is 0 Å². The Balaban J connectivity index is 1.88. The molecule has 3 N–H and O–H groups in total. The van der Waals surface area contributed by atoms with Crippen molar-refractivity contribution in [3.05, 3.63) is 41.6 Å². The molecule has 1 aromatic heterocycles. The van der Waals surface area contributed by atoms with Crippen LogP contribution in [0.1, 0.15) is 31.0 Å². The molecule has 0 saturated carbocycles. The molecule has 0 radical (unpaired) electrons. The standard InChI is InChI=1S/C18H22F3N5/c1-2-4-14-10-16(26-8-7-13(22)11-26)25-17(23-14)24-15-6-3-5-12(9-15)18(19,20)21/h3,5-6,9-10,13H,2,4,7-8,11,22H2,1H3,(H,23,24,25). The highest BCUT2D eigenvalue weighted by atomic mass is 19.4. The van der Waals surface area contributed by atoms with Gasteiger partial charge in [-0.05, 0) is 31.0 Å². The van der Waals surface area contributed by atoms with E-state index >= 15 is 0 Å². The van der Waals surface area contributed by atoms with Crippen LogP contribution in [0.4, 0.5) is 30.6 Å². The van der Waals surface area contributed by atoms with Crippen molar-refractivity contribution in [2.45, 2.75) is 38.4 Å². The Morgan fingerprint density at radius 1 is 1.27 bits per heavy atom. The van der Waals surface area contributed by atoms with Crippen molar-refractivity contribution in [3.63, 3.8) is 0 Å². The van der Waals surface area contributed by atoms with Gasteiger partial charge in [0, 0.05) is 36.6 Å². The van der Waals surface area contributed by atoms with Crippen LogP contribution in [0.15, 0.2) is 30.3 Å². The second-order valence-corrected chi connectivity index (χ2v) is 6.49. The Bertz CT molecular complexity index is 763. The summed E-state index contributed by atoms with van der Waals surface area (Å²) >= 11 is 0. The molecule has 3 rings (SSSR count). The Kier molecular flexibility index (Phi) is 5.31. The van der Waals surface area contributed by atoms with Crippen LogP contribution in [-0.4, -0.2) is 29.1 Å². The van der Waals surface area contributed by atoms with Crippen molar-refractivity contribution < 1.29 is 13.2 Å². The second-order valence-electron chi connectivity index (χ2n) is 6.49. The lowest BCUT2D eigenvalue weighted by Gasteiger charge is -2.19. The number of hydrogen-bond acceptors (Lipinski definition) is 5. The first-order valence-electron chi connectivity index (χ1n) is 8.68. The highest BCUT2D eigenvalue weighted by Crippen LogP contribution is 2.31. The summed E-state index contributed by atoms with van der Waals surface area (Å²) in [6, 6.07) is 7.06. The van der Waals surface area contributed by atoms with Crippen molar-refractivity contribution >= 4 is 17.5 Å². The molecule has 0 spiro atoms. The van der Waals surface area contributed by atoms with Crippen LogP contribution in [0, 0.1) is 0 Å². The van der Waals surface area contributed by atoms with Gasteiger partial charge in [-0.1, -0.05) is 19.4 Å². The van der Waals surface area contributed by atoms with E-state index in [-0.39, 0.29) is 6.04 Å². The fourth-order valence-electron chi connectivity index (χ4n) is 2.98. The summed E-state index contributed by atoms with van der Waals surface area (Å²) in [6.45, 7) is 3.58. The van der Waals surface area contributed by atoms with Gasteiger partial charge in [0.2, 0.25) is 5.95 Å². The minimum atomic E-state index is -4.39. The van der Waals surface area contributed by atoms with Crippen LogP contribution in [-0.2, 0) is 12.6 Å². The molecule has 1 atom stereocenters. The molecule has 1 fully saturated rings. The summed E-state index contributed by atoms with van der Waals surface area (Å²) in [4.78, 5) is 11.0. The molecule has 140 valence electrons. The quantitative estimate of drug-likeness (QED) is 0.845. The zero-order valence-corrected chi connectivity index (χ0v) is 14.6. The maximum absolute atomic E-state index is 12.9. The summed E-state index contributed by atoms with van der Waals surface area (Å²) in [5.41, 5.74) is 6.42. The lowest BCUT2D eigenvalue weighted by Crippen LogP contribution is -2.27. The number of nitrogens with two attached hydrogens (primary N) is 1. The third kappa shape index (κ3) is 4.43. The molecule has 8 heteroatoms. The van der Waals surface area contributed by atoms with E-state index in [1.807, 2.05) is 13.0 Å². The number of rotatable bonds is 5. The number of benzene rings is 1. The van der Waals surface area contributed by atoms with Gasteiger partial charge in [0.25, 0.3) is 0 Å². The number of halogens is 3. The average molecular weight is 365 g/mol. The molecule has 1 aliphatic heterocycles. The largest absolute Gasteiger partial charge is 0.416 e. The average Bonchev–Trinajstić information content (AvgIpc) is 3.01. The van der Waals surface area contributed by atoms with Gasteiger partial charge < -0.3 is 16.0 Å². The molecule has 2 heterocycles. The fourth-order valence-corrected chi connectivity index (χ4v) is 2.98. The Morgan fingerprint density at radius 2 is 2.08 bits per heavy atom. The predicted octanol–water partition coefficient (Wildman–Crippen LogP) is 3.73. The van der Waals surface area contributed by atoms with Gasteiger partial charge in [0.05, 0.1) is 5.56 Å². The monoisotopic (exact) mass is 365 g/mol. The van der Waals surface area contributed by atoms with E-state index in [9.17, 15) is 13.2 Å². The number of nitrogens with one attached hydrogen (secondary N) is 1. The topological polar surface area (TPSA) is 67.1 Å². The first-order chi connectivity index (χ1) is 12.3. The van der Waals surface area contributed by atoms with E-state index < -0.39 is 11.7 Å². The first-order valence-corrected chi connectivity index (χ1v) is 8.68. The molecule has 26 heavy (non-hydrogen) atoms. The zero-order valence-electron chi connectivity index (χ0n) is 14.6. The number of aromatic nitrogens is 2. The van der Waals surface area contributed by atoms with E-state index in [0.717, 1.165) is 49.5 Å². The van der Waals surface area contributed by atoms with Crippen LogP contribution in [0.5, 0.6) is 0 Å². The minimum Gasteiger partial charge on any atom is -0.355 e. The van der Waals surface area contributed by atoms with Crippen LogP contribution < -0.4 is 16.0 Å². The molecule has 0 amide bonds. The molecule has 0 bridgehead atoms. The summed E-state index contributed by atoms with van der Waals surface area (Å²) in [7, 11) is 0. The van der Waals surface area contributed by atoms with Crippen LogP contribution in [0.25, 0.3) is 0 Å². The molecule has 0 aliphatic carbocycles. The number of alkyl halides is 3. The van der Waals surface area contributed by atoms with Crippen LogP contribution >= 0.6 is 0 Å². The van der Waals surface area contributed by atoms with E-state index in [1.165, 1.54) is 6.07 Å². The SMILES string of the molecule is CCCc1cc(N2CCC(N)C2)nc(Nc2cccc(C(F)(F)F)c2)n1. The first kappa shape index (κ1) is 18.4. The molecule has 1 aliphatic rings. The molecule has 1 saturated heterocycles. The number of hydrogen-bond donors (Lipinski definition) is 2. The van der Waals surface area contributed by atoms with Crippen molar-refractivity contribution in [3.8, 4) is 0 Å². The Morgan fingerprint density at radius 3 is 2.73 bits per heavy atom. The highest BCUT2D eigenvalue weighted by molar-refractivity contribution is 5.57. The van der Waals surface area contributed by atoms with E-state index in [1.54, 1.807) is 6.07 Å². The minimum absolute atomic E-state index is 0.111. The summed E-state index contributed by atoms with van der Waals surface area (Å²) < 4.78 is 38.7. The third-order valence-electron chi connectivity index (χ3n) is 4.27. The van der Waals surface area contributed by atoms with Gasteiger partial charge >= 0.3 is 6.18 Å². The van der Waals surface area contributed by atoms with E-state index in [4.69, 9.17) is 5.73 Å². The normalized spacial score (nSPS) is 17.6. The summed E-state index contributed by atoms with van der Waals surface area (Å²) in [5, 5.41) is 2.91. The van der Waals surface area contributed by atoms with Gasteiger partial charge in [0.15, 0.2) is 0 Å². The molecular weight excluding hydrogens is 343 g/mol. The lowest BCUT2D eigenvalue weighted by molar-refractivity contribution is -0.137. The highest BCUT2D eigenvalue weighted by Gasteiger charge is 2.30. The third-order valence-corrected chi connectivity index (χ3v) is 4.27. The second kappa shape index (κ2) is 7.49. The Hall–Kier alpha value is -2.35. The van der Waals surface area contributed by atoms with Crippen molar-refractivity contribution in [2.75, 3.05) is 23.3 Å². The van der Waals surface area contributed by atoms with Gasteiger partial charge in [0.1, 0.15) is 5.82 Å². The summed E-state index contributed by atoms with van der Waals surface area (Å²) in [6.07, 6.45) is -1.81. The van der Waals surface area contributed by atoms with Crippen molar-refractivity contribution in [2.24, 2.45) is 5.73 Å². The predicted molar refractivity (Wildman–Crippen MR) is 95.6 cm³/mol. The van der Waals surface area contributed by atoms with Gasteiger partial charge in [-0.2, -0.15) is 18.2 Å². The maximum Gasteiger partial charge on any atom is 0.416 e. The van der Waals surface area contributed by atoms with Crippen LogP contribution in [0.2, 0.25) is 0 Å². The molecule has 1 unspecified atom stereocenters. The zero-order chi connectivity index (χ0) is 18.7. The van der Waals surface area contributed by atoms with Gasteiger partial charge in [-0.25, -0.2) is 4.98 Å². The van der Waals surface area contributed by atoms with Crippen molar-refractivity contribution in [1.29, 1.82) is 0 Å². The van der Waals surface area contributed by atoms with E-state index in [0.29, 0.717) is 18.2 Å². The molecule has 5 nitrogen and oxygen atoms in total. The smallest absolute Gasteiger partial charge is 0.355 e. The van der Waals surface area contributed by atoms with E-state index in [2.05, 4.69) is 20.2 Å².